The number of hydrogen-bond acceptors (Lipinski definition) is 3. The van der Waals surface area contributed by atoms with Crippen LogP contribution in [0.15, 0.2) is 12.1 Å². The van der Waals surface area contributed by atoms with Gasteiger partial charge in [0.1, 0.15) is 0 Å². The molecule has 2 nitrogen and oxygen atoms in total. The normalized spacial score (nSPS) is 13.0. The Bertz CT molecular complexity index is 277. The van der Waals surface area contributed by atoms with Crippen molar-refractivity contribution in [3.8, 4) is 0 Å². The Balaban J connectivity index is 2.16. The minimum absolute atomic E-state index is 0.394. The number of ether oxygens (including phenoxy) is 1. The van der Waals surface area contributed by atoms with E-state index in [-0.39, 0.29) is 0 Å². The van der Waals surface area contributed by atoms with Gasteiger partial charge in [-0.15, -0.1) is 11.3 Å². The Labute approximate surface area is 101 Å². The summed E-state index contributed by atoms with van der Waals surface area (Å²) in [4.78, 5) is 1.30. The molecule has 0 fully saturated rings. The SMILES string of the molecule is COCCCCN[C@H](C)c1ccc(Cl)s1. The van der Waals surface area contributed by atoms with Gasteiger partial charge in [0.05, 0.1) is 4.34 Å². The van der Waals surface area contributed by atoms with Gasteiger partial charge >= 0.3 is 0 Å². The molecule has 0 amide bonds. The minimum atomic E-state index is 0.394. The van der Waals surface area contributed by atoms with Crippen molar-refractivity contribution in [1.29, 1.82) is 0 Å². The zero-order chi connectivity index (χ0) is 11.1. The summed E-state index contributed by atoms with van der Waals surface area (Å²) in [5.41, 5.74) is 0. The molecule has 86 valence electrons. The first-order valence-electron chi connectivity index (χ1n) is 5.21. The highest BCUT2D eigenvalue weighted by Gasteiger charge is 2.06. The van der Waals surface area contributed by atoms with Crippen molar-refractivity contribution in [3.63, 3.8) is 0 Å². The molecule has 1 N–H and O–H groups in total. The lowest BCUT2D eigenvalue weighted by molar-refractivity contribution is 0.192. The lowest BCUT2D eigenvalue weighted by Crippen LogP contribution is -2.19. The molecular formula is C11H18ClNOS. The molecule has 1 aromatic heterocycles. The Kier molecular flexibility index (Phi) is 6.25. The van der Waals surface area contributed by atoms with Gasteiger partial charge in [0.25, 0.3) is 0 Å². The standard InChI is InChI=1S/C11H18ClNOS/c1-9(10-5-6-11(12)15-10)13-7-3-4-8-14-2/h5-6,9,13H,3-4,7-8H2,1-2H3/t9-/m1/s1. The second kappa shape index (κ2) is 7.23. The third-order valence-corrected chi connectivity index (χ3v) is 3.66. The summed E-state index contributed by atoms with van der Waals surface area (Å²) in [5, 5.41) is 3.47. The van der Waals surface area contributed by atoms with Crippen molar-refractivity contribution in [2.75, 3.05) is 20.3 Å². The molecule has 1 atom stereocenters. The number of hydrogen-bond donors (Lipinski definition) is 1. The van der Waals surface area contributed by atoms with Crippen LogP contribution in [0.5, 0.6) is 0 Å². The van der Waals surface area contributed by atoms with Gasteiger partial charge < -0.3 is 10.1 Å². The van der Waals surface area contributed by atoms with E-state index in [2.05, 4.69) is 18.3 Å². The van der Waals surface area contributed by atoms with Crippen molar-refractivity contribution in [1.82, 2.24) is 5.32 Å². The van der Waals surface area contributed by atoms with Crippen LogP contribution in [0.3, 0.4) is 0 Å². The molecule has 0 radical (unpaired) electrons. The molecule has 1 heterocycles. The largest absolute Gasteiger partial charge is 0.385 e. The molecule has 1 aromatic rings. The van der Waals surface area contributed by atoms with E-state index in [1.54, 1.807) is 18.4 Å². The van der Waals surface area contributed by atoms with Crippen molar-refractivity contribution in [2.24, 2.45) is 0 Å². The van der Waals surface area contributed by atoms with Crippen LogP contribution in [0, 0.1) is 0 Å². The van der Waals surface area contributed by atoms with Crippen LogP contribution in [0.1, 0.15) is 30.7 Å². The molecule has 0 saturated carbocycles. The maximum atomic E-state index is 5.88. The molecule has 4 heteroatoms. The zero-order valence-electron chi connectivity index (χ0n) is 9.25. The van der Waals surface area contributed by atoms with Crippen LogP contribution in [0.2, 0.25) is 4.34 Å². The van der Waals surface area contributed by atoms with Crippen LogP contribution in [0.25, 0.3) is 0 Å². The summed E-state index contributed by atoms with van der Waals surface area (Å²) in [5.74, 6) is 0. The summed E-state index contributed by atoms with van der Waals surface area (Å²) in [6.07, 6.45) is 2.26. The first kappa shape index (κ1) is 13.0. The van der Waals surface area contributed by atoms with Crippen molar-refractivity contribution in [2.45, 2.75) is 25.8 Å². The molecule has 1 rings (SSSR count). The number of rotatable bonds is 7. The molecule has 0 aromatic carbocycles. The average molecular weight is 248 g/mol. The molecule has 0 bridgehead atoms. The molecule has 0 aliphatic carbocycles. The third kappa shape index (κ3) is 4.98. The first-order valence-corrected chi connectivity index (χ1v) is 6.41. The lowest BCUT2D eigenvalue weighted by atomic mass is 10.2. The summed E-state index contributed by atoms with van der Waals surface area (Å²) >= 11 is 7.52. The third-order valence-electron chi connectivity index (χ3n) is 2.25. The predicted molar refractivity (Wildman–Crippen MR) is 66.9 cm³/mol. The van der Waals surface area contributed by atoms with Gasteiger partial charge in [-0.25, -0.2) is 0 Å². The predicted octanol–water partition coefficient (Wildman–Crippen LogP) is 3.48. The van der Waals surface area contributed by atoms with Crippen molar-refractivity contribution < 1.29 is 4.74 Å². The number of unbranched alkanes of at least 4 members (excludes halogenated alkanes) is 1. The summed E-state index contributed by atoms with van der Waals surface area (Å²) in [7, 11) is 1.74. The molecule has 0 saturated heterocycles. The first-order chi connectivity index (χ1) is 7.24. The van der Waals surface area contributed by atoms with E-state index >= 15 is 0 Å². The highest BCUT2D eigenvalue weighted by molar-refractivity contribution is 7.16. The average Bonchev–Trinajstić information content (AvgIpc) is 2.64. The van der Waals surface area contributed by atoms with E-state index in [4.69, 9.17) is 16.3 Å². The molecular weight excluding hydrogens is 230 g/mol. The van der Waals surface area contributed by atoms with E-state index in [9.17, 15) is 0 Å². The zero-order valence-corrected chi connectivity index (χ0v) is 10.8. The number of thiophene rings is 1. The minimum Gasteiger partial charge on any atom is -0.385 e. The number of nitrogens with one attached hydrogen (secondary N) is 1. The van der Waals surface area contributed by atoms with Gasteiger partial charge in [-0.3, -0.25) is 0 Å². The van der Waals surface area contributed by atoms with E-state index in [1.807, 2.05) is 6.07 Å². The van der Waals surface area contributed by atoms with E-state index < -0.39 is 0 Å². The summed E-state index contributed by atoms with van der Waals surface area (Å²) in [6.45, 7) is 4.04. The van der Waals surface area contributed by atoms with Gasteiger partial charge in [-0.1, -0.05) is 11.6 Å². The molecule has 15 heavy (non-hydrogen) atoms. The molecule has 0 unspecified atom stereocenters. The summed E-state index contributed by atoms with van der Waals surface area (Å²) in [6, 6.07) is 4.43. The number of methoxy groups -OCH3 is 1. The summed E-state index contributed by atoms with van der Waals surface area (Å²) < 4.78 is 5.85. The Morgan fingerprint density at radius 3 is 2.87 bits per heavy atom. The fraction of sp³-hybridized carbons (Fsp3) is 0.636. The Morgan fingerprint density at radius 2 is 2.27 bits per heavy atom. The van der Waals surface area contributed by atoms with Crippen molar-refractivity contribution >= 4 is 22.9 Å². The van der Waals surface area contributed by atoms with Crippen LogP contribution in [-0.4, -0.2) is 20.3 Å². The van der Waals surface area contributed by atoms with Gasteiger partial charge in [0, 0.05) is 24.6 Å². The maximum absolute atomic E-state index is 5.88. The second-order valence-electron chi connectivity index (χ2n) is 3.52. The fourth-order valence-electron chi connectivity index (χ4n) is 1.35. The number of halogens is 1. The Hall–Kier alpha value is -0.0900. The van der Waals surface area contributed by atoms with Gasteiger partial charge in [0.2, 0.25) is 0 Å². The van der Waals surface area contributed by atoms with E-state index in [0.717, 1.165) is 30.3 Å². The maximum Gasteiger partial charge on any atom is 0.0931 e. The van der Waals surface area contributed by atoms with Crippen LogP contribution in [0.4, 0.5) is 0 Å². The van der Waals surface area contributed by atoms with Crippen molar-refractivity contribution in [3.05, 3.63) is 21.3 Å². The van der Waals surface area contributed by atoms with Crippen LogP contribution < -0.4 is 5.32 Å². The van der Waals surface area contributed by atoms with Gasteiger partial charge in [0.15, 0.2) is 0 Å². The smallest absolute Gasteiger partial charge is 0.0931 e. The van der Waals surface area contributed by atoms with Gasteiger partial charge in [-0.2, -0.15) is 0 Å². The van der Waals surface area contributed by atoms with Crippen LogP contribution >= 0.6 is 22.9 Å². The van der Waals surface area contributed by atoms with Gasteiger partial charge in [-0.05, 0) is 38.4 Å². The fourth-order valence-corrected chi connectivity index (χ4v) is 2.44. The molecule has 0 aliphatic rings. The van der Waals surface area contributed by atoms with Crippen LogP contribution in [-0.2, 0) is 4.74 Å². The molecule has 0 spiro atoms. The highest BCUT2D eigenvalue weighted by atomic mass is 35.5. The quantitative estimate of drug-likeness (QED) is 0.745. The monoisotopic (exact) mass is 247 g/mol. The molecule has 0 aliphatic heterocycles. The van der Waals surface area contributed by atoms with E-state index in [0.29, 0.717) is 6.04 Å². The van der Waals surface area contributed by atoms with E-state index in [1.165, 1.54) is 4.88 Å². The second-order valence-corrected chi connectivity index (χ2v) is 5.26. The highest BCUT2D eigenvalue weighted by Crippen LogP contribution is 2.26. The topological polar surface area (TPSA) is 21.3 Å². The lowest BCUT2D eigenvalue weighted by Gasteiger charge is -2.11. The Morgan fingerprint density at radius 1 is 1.47 bits per heavy atom.